The lowest BCUT2D eigenvalue weighted by Gasteiger charge is -2.16. The molecule has 4 nitrogen and oxygen atoms in total. The molecule has 49 heavy (non-hydrogen) atoms. The van der Waals surface area contributed by atoms with E-state index in [1.54, 1.807) is 0 Å². The first kappa shape index (κ1) is 26.4. The molecule has 4 heteroatoms. The number of para-hydroxylation sites is 2. The van der Waals surface area contributed by atoms with Crippen LogP contribution in [0.5, 0.6) is 0 Å². The predicted molar refractivity (Wildman–Crippen MR) is 203 cm³/mol. The van der Waals surface area contributed by atoms with Crippen molar-refractivity contribution in [1.82, 2.24) is 15.0 Å². The van der Waals surface area contributed by atoms with E-state index in [1.807, 2.05) is 36.7 Å². The summed E-state index contributed by atoms with van der Waals surface area (Å²) >= 11 is 0. The second kappa shape index (κ2) is 9.93. The molecule has 0 saturated heterocycles. The first-order valence-corrected chi connectivity index (χ1v) is 16.5. The van der Waals surface area contributed by atoms with Crippen molar-refractivity contribution >= 4 is 87.0 Å². The number of fused-ring (bicyclic) bond motifs is 13. The van der Waals surface area contributed by atoms with E-state index in [0.717, 1.165) is 87.8 Å². The van der Waals surface area contributed by atoms with Gasteiger partial charge in [-0.3, -0.25) is 9.97 Å². The second-order valence-electron chi connectivity index (χ2n) is 12.7. The topological polar surface area (TPSA) is 51.8 Å². The molecule has 0 atom stereocenters. The Hall–Kier alpha value is -6.65. The van der Waals surface area contributed by atoms with Crippen molar-refractivity contribution in [2.24, 2.45) is 0 Å². The lowest BCUT2D eigenvalue weighted by molar-refractivity contribution is 0.669. The van der Waals surface area contributed by atoms with Crippen molar-refractivity contribution in [3.8, 4) is 22.4 Å². The van der Waals surface area contributed by atoms with Gasteiger partial charge in [-0.05, 0) is 69.6 Å². The molecule has 0 aliphatic rings. The van der Waals surface area contributed by atoms with Crippen molar-refractivity contribution in [2.75, 3.05) is 0 Å². The van der Waals surface area contributed by atoms with E-state index in [4.69, 9.17) is 19.4 Å². The summed E-state index contributed by atoms with van der Waals surface area (Å²) < 4.78 is 6.44. The van der Waals surface area contributed by atoms with Crippen LogP contribution in [0.25, 0.3) is 109 Å². The van der Waals surface area contributed by atoms with Crippen LogP contribution in [0.4, 0.5) is 0 Å². The van der Waals surface area contributed by atoms with Crippen molar-refractivity contribution in [1.29, 1.82) is 0 Å². The molecular formula is C45H25N3O. The number of pyridine rings is 3. The smallest absolute Gasteiger partial charge is 0.136 e. The highest BCUT2D eigenvalue weighted by Gasteiger charge is 2.21. The van der Waals surface area contributed by atoms with Crippen molar-refractivity contribution in [3.05, 3.63) is 152 Å². The molecule has 0 unspecified atom stereocenters. The Morgan fingerprint density at radius 3 is 2.08 bits per heavy atom. The predicted octanol–water partition coefficient (Wildman–Crippen LogP) is 12.0. The summed E-state index contributed by atoms with van der Waals surface area (Å²) in [5.41, 5.74) is 8.64. The van der Waals surface area contributed by atoms with Crippen LogP contribution in [0, 0.1) is 0 Å². The summed E-state index contributed by atoms with van der Waals surface area (Å²) in [5, 5.41) is 12.6. The summed E-state index contributed by atoms with van der Waals surface area (Å²) in [7, 11) is 0. The minimum absolute atomic E-state index is 0.869. The summed E-state index contributed by atoms with van der Waals surface area (Å²) in [6.45, 7) is 0. The number of aromatic nitrogens is 3. The molecule has 0 radical (unpaired) electrons. The maximum absolute atomic E-state index is 6.44. The molecule has 0 bridgehead atoms. The van der Waals surface area contributed by atoms with Gasteiger partial charge in [0.1, 0.15) is 11.2 Å². The third-order valence-electron chi connectivity index (χ3n) is 10.1. The Labute approximate surface area is 279 Å². The second-order valence-corrected chi connectivity index (χ2v) is 12.7. The fraction of sp³-hybridized carbons (Fsp3) is 0. The SMILES string of the molecule is c1ccc2c(c1)ccc1cc(-c3nc4c(-c5cc6cccnc6c6ncccc56)cccc4c4c3ccc3oc5ccccc5c34)ccc12. The maximum atomic E-state index is 6.44. The zero-order valence-corrected chi connectivity index (χ0v) is 26.2. The van der Waals surface area contributed by atoms with Crippen LogP contribution in [0.15, 0.2) is 156 Å². The lowest BCUT2D eigenvalue weighted by atomic mass is 9.91. The molecule has 0 aliphatic carbocycles. The van der Waals surface area contributed by atoms with E-state index < -0.39 is 0 Å². The number of nitrogens with zero attached hydrogens (tertiary/aromatic N) is 3. The third kappa shape index (κ3) is 3.77. The number of rotatable bonds is 2. The molecule has 4 aromatic heterocycles. The van der Waals surface area contributed by atoms with Crippen molar-refractivity contribution in [2.45, 2.75) is 0 Å². The first-order valence-electron chi connectivity index (χ1n) is 16.5. The minimum Gasteiger partial charge on any atom is -0.456 e. The zero-order valence-electron chi connectivity index (χ0n) is 26.2. The van der Waals surface area contributed by atoms with Gasteiger partial charge in [0.15, 0.2) is 0 Å². The van der Waals surface area contributed by atoms with E-state index in [-0.39, 0.29) is 0 Å². The molecule has 11 rings (SSSR count). The van der Waals surface area contributed by atoms with E-state index in [9.17, 15) is 0 Å². The van der Waals surface area contributed by atoms with E-state index in [1.165, 1.54) is 21.5 Å². The molecule has 0 amide bonds. The van der Waals surface area contributed by atoms with Crippen LogP contribution in [-0.2, 0) is 0 Å². The van der Waals surface area contributed by atoms with Gasteiger partial charge in [0.2, 0.25) is 0 Å². The normalized spacial score (nSPS) is 12.1. The number of hydrogen-bond donors (Lipinski definition) is 0. The monoisotopic (exact) mass is 623 g/mol. The van der Waals surface area contributed by atoms with E-state index in [0.29, 0.717) is 0 Å². The molecule has 11 aromatic rings. The molecule has 0 N–H and O–H groups in total. The molecule has 0 fully saturated rings. The molecule has 7 aromatic carbocycles. The fourth-order valence-corrected chi connectivity index (χ4v) is 7.93. The highest BCUT2D eigenvalue weighted by Crippen LogP contribution is 2.44. The average Bonchev–Trinajstić information content (AvgIpc) is 3.56. The van der Waals surface area contributed by atoms with Gasteiger partial charge in [-0.1, -0.05) is 97.1 Å². The van der Waals surface area contributed by atoms with Gasteiger partial charge < -0.3 is 4.42 Å². The molecule has 226 valence electrons. The van der Waals surface area contributed by atoms with Crippen molar-refractivity contribution in [3.63, 3.8) is 0 Å². The Balaban J connectivity index is 1.30. The van der Waals surface area contributed by atoms with Gasteiger partial charge in [0, 0.05) is 61.2 Å². The summed E-state index contributed by atoms with van der Waals surface area (Å²) in [6, 6.07) is 49.4. The van der Waals surface area contributed by atoms with Gasteiger partial charge in [0.05, 0.1) is 22.2 Å². The van der Waals surface area contributed by atoms with Crippen LogP contribution in [-0.4, -0.2) is 15.0 Å². The van der Waals surface area contributed by atoms with E-state index in [2.05, 4.69) is 115 Å². The molecule has 0 aliphatic heterocycles. The summed E-state index contributed by atoms with van der Waals surface area (Å²) in [4.78, 5) is 15.1. The first-order chi connectivity index (χ1) is 24.3. The maximum Gasteiger partial charge on any atom is 0.136 e. The highest BCUT2D eigenvalue weighted by molar-refractivity contribution is 6.29. The fourth-order valence-electron chi connectivity index (χ4n) is 7.93. The van der Waals surface area contributed by atoms with Crippen LogP contribution in [0.2, 0.25) is 0 Å². The van der Waals surface area contributed by atoms with Gasteiger partial charge in [-0.25, -0.2) is 4.98 Å². The lowest BCUT2D eigenvalue weighted by Crippen LogP contribution is -1.94. The molecule has 0 spiro atoms. The Morgan fingerprint density at radius 1 is 0.388 bits per heavy atom. The van der Waals surface area contributed by atoms with Gasteiger partial charge in [0.25, 0.3) is 0 Å². The largest absolute Gasteiger partial charge is 0.456 e. The summed E-state index contributed by atoms with van der Waals surface area (Å²) in [6.07, 6.45) is 3.68. The minimum atomic E-state index is 0.869. The molecular weight excluding hydrogens is 599 g/mol. The highest BCUT2D eigenvalue weighted by atomic mass is 16.3. The van der Waals surface area contributed by atoms with Crippen LogP contribution >= 0.6 is 0 Å². The number of furan rings is 1. The Bertz CT molecular complexity index is 3180. The van der Waals surface area contributed by atoms with Crippen LogP contribution < -0.4 is 0 Å². The van der Waals surface area contributed by atoms with Crippen molar-refractivity contribution < 1.29 is 4.42 Å². The standard InChI is InChI=1S/C45H25N3O/c1-2-10-30-26(8-1)16-17-27-24-29(18-19-31(27)30)42-36-20-21-39-41(34-11-3-4-15-38(34)49-39)40(36)35-13-5-12-32(44(35)48-42)37-25-28-9-6-22-46-43(28)45-33(37)14-7-23-47-45/h1-25H. The van der Waals surface area contributed by atoms with E-state index >= 15 is 0 Å². The number of benzene rings is 7. The van der Waals surface area contributed by atoms with Gasteiger partial charge >= 0.3 is 0 Å². The van der Waals surface area contributed by atoms with Crippen LogP contribution in [0.1, 0.15) is 0 Å². The van der Waals surface area contributed by atoms with Gasteiger partial charge in [-0.2, -0.15) is 0 Å². The summed E-state index contributed by atoms with van der Waals surface area (Å²) in [5.74, 6) is 0. The number of hydrogen-bond acceptors (Lipinski definition) is 4. The Morgan fingerprint density at radius 2 is 1.12 bits per heavy atom. The average molecular weight is 624 g/mol. The Kier molecular flexibility index (Phi) is 5.35. The molecule has 0 saturated carbocycles. The molecule has 4 heterocycles. The third-order valence-corrected chi connectivity index (χ3v) is 10.1. The quantitative estimate of drug-likeness (QED) is 0.180. The van der Waals surface area contributed by atoms with Crippen LogP contribution in [0.3, 0.4) is 0 Å². The zero-order chi connectivity index (χ0) is 32.1. The van der Waals surface area contributed by atoms with Gasteiger partial charge in [-0.15, -0.1) is 0 Å².